The van der Waals surface area contributed by atoms with Crippen LogP contribution in [0.15, 0.2) is 22.7 Å². The van der Waals surface area contributed by atoms with Crippen LogP contribution in [0.4, 0.5) is 8.78 Å². The van der Waals surface area contributed by atoms with E-state index < -0.39 is 11.6 Å². The Morgan fingerprint density at radius 1 is 1.27 bits per heavy atom. The van der Waals surface area contributed by atoms with Gasteiger partial charge in [-0.15, -0.1) is 11.6 Å². The molecule has 2 aromatic rings. The van der Waals surface area contributed by atoms with Crippen LogP contribution in [0.1, 0.15) is 5.82 Å². The highest BCUT2D eigenvalue weighted by Gasteiger charge is 2.10. The summed E-state index contributed by atoms with van der Waals surface area (Å²) in [7, 11) is 0. The predicted molar refractivity (Wildman–Crippen MR) is 49.2 cm³/mol. The van der Waals surface area contributed by atoms with Crippen LogP contribution in [0.2, 0.25) is 0 Å². The van der Waals surface area contributed by atoms with Crippen molar-refractivity contribution in [1.82, 2.24) is 10.1 Å². The Labute approximate surface area is 88.7 Å². The maximum Gasteiger partial charge on any atom is 0.258 e. The first-order chi connectivity index (χ1) is 7.20. The SMILES string of the molecule is Fc1ccc(-c2nc(CCl)no2)cc1F. The third kappa shape index (κ3) is 1.97. The Morgan fingerprint density at radius 2 is 2.07 bits per heavy atom. The molecule has 78 valence electrons. The van der Waals surface area contributed by atoms with Gasteiger partial charge in [0.1, 0.15) is 0 Å². The molecule has 1 aromatic heterocycles. The molecule has 0 radical (unpaired) electrons. The largest absolute Gasteiger partial charge is 0.334 e. The van der Waals surface area contributed by atoms with E-state index in [-0.39, 0.29) is 11.8 Å². The molecule has 0 spiro atoms. The van der Waals surface area contributed by atoms with Crippen molar-refractivity contribution in [3.05, 3.63) is 35.7 Å². The van der Waals surface area contributed by atoms with Gasteiger partial charge in [0, 0.05) is 5.56 Å². The number of hydrogen-bond acceptors (Lipinski definition) is 3. The van der Waals surface area contributed by atoms with Crippen molar-refractivity contribution >= 4 is 11.6 Å². The van der Waals surface area contributed by atoms with E-state index in [0.717, 1.165) is 12.1 Å². The van der Waals surface area contributed by atoms with Gasteiger partial charge in [0.2, 0.25) is 0 Å². The van der Waals surface area contributed by atoms with Crippen LogP contribution in [0.3, 0.4) is 0 Å². The molecule has 0 unspecified atom stereocenters. The van der Waals surface area contributed by atoms with Gasteiger partial charge in [-0.3, -0.25) is 0 Å². The Balaban J connectivity index is 2.40. The topological polar surface area (TPSA) is 38.9 Å². The smallest absolute Gasteiger partial charge is 0.258 e. The first kappa shape index (κ1) is 10.0. The summed E-state index contributed by atoms with van der Waals surface area (Å²) in [5, 5.41) is 3.53. The van der Waals surface area contributed by atoms with Crippen LogP contribution < -0.4 is 0 Å². The van der Waals surface area contributed by atoms with E-state index in [0.29, 0.717) is 11.4 Å². The van der Waals surface area contributed by atoms with Crippen LogP contribution >= 0.6 is 11.6 Å². The first-order valence-electron chi connectivity index (χ1n) is 4.04. The monoisotopic (exact) mass is 230 g/mol. The molecule has 0 bridgehead atoms. The Morgan fingerprint density at radius 3 is 2.67 bits per heavy atom. The van der Waals surface area contributed by atoms with Crippen molar-refractivity contribution in [2.75, 3.05) is 0 Å². The zero-order valence-corrected chi connectivity index (χ0v) is 8.13. The van der Waals surface area contributed by atoms with Gasteiger partial charge in [-0.2, -0.15) is 4.98 Å². The summed E-state index contributed by atoms with van der Waals surface area (Å²) in [5.74, 6) is -1.36. The van der Waals surface area contributed by atoms with Gasteiger partial charge in [-0.05, 0) is 18.2 Å². The quantitative estimate of drug-likeness (QED) is 0.745. The molecule has 0 saturated heterocycles. The summed E-state index contributed by atoms with van der Waals surface area (Å²) in [6.45, 7) is 0. The van der Waals surface area contributed by atoms with Gasteiger partial charge < -0.3 is 4.52 Å². The highest BCUT2D eigenvalue weighted by molar-refractivity contribution is 6.16. The van der Waals surface area contributed by atoms with E-state index in [1.54, 1.807) is 0 Å². The molecule has 3 nitrogen and oxygen atoms in total. The van der Waals surface area contributed by atoms with Gasteiger partial charge >= 0.3 is 0 Å². The minimum absolute atomic E-state index is 0.104. The average molecular weight is 231 g/mol. The van der Waals surface area contributed by atoms with Crippen molar-refractivity contribution in [3.63, 3.8) is 0 Å². The van der Waals surface area contributed by atoms with Crippen LogP contribution in [0.5, 0.6) is 0 Å². The molecule has 2 rings (SSSR count). The van der Waals surface area contributed by atoms with E-state index in [4.69, 9.17) is 16.1 Å². The third-order valence-corrected chi connectivity index (χ3v) is 1.99. The Kier molecular flexibility index (Phi) is 2.64. The number of alkyl halides is 1. The van der Waals surface area contributed by atoms with Gasteiger partial charge in [0.15, 0.2) is 17.5 Å². The molecule has 0 saturated carbocycles. The fourth-order valence-electron chi connectivity index (χ4n) is 1.05. The van der Waals surface area contributed by atoms with Gasteiger partial charge in [-0.25, -0.2) is 8.78 Å². The summed E-state index contributed by atoms with van der Waals surface area (Å²) >= 11 is 5.47. The molecule has 0 amide bonds. The van der Waals surface area contributed by atoms with E-state index in [9.17, 15) is 8.78 Å². The number of nitrogens with zero attached hydrogens (tertiary/aromatic N) is 2. The maximum atomic E-state index is 12.9. The predicted octanol–water partition coefficient (Wildman–Crippen LogP) is 2.75. The molecule has 1 aromatic carbocycles. The molecule has 0 aliphatic heterocycles. The van der Waals surface area contributed by atoms with Crippen molar-refractivity contribution in [2.24, 2.45) is 0 Å². The second kappa shape index (κ2) is 3.94. The third-order valence-electron chi connectivity index (χ3n) is 1.75. The normalized spacial score (nSPS) is 10.6. The van der Waals surface area contributed by atoms with Crippen molar-refractivity contribution in [2.45, 2.75) is 5.88 Å². The lowest BCUT2D eigenvalue weighted by molar-refractivity contribution is 0.424. The lowest BCUT2D eigenvalue weighted by Crippen LogP contribution is -1.86. The van der Waals surface area contributed by atoms with E-state index in [2.05, 4.69) is 10.1 Å². The standard InChI is InChI=1S/C9H5ClF2N2O/c10-4-8-13-9(15-14-8)5-1-2-6(11)7(12)3-5/h1-3H,4H2. The Hall–Kier alpha value is -1.49. The maximum absolute atomic E-state index is 12.9. The minimum atomic E-state index is -0.960. The highest BCUT2D eigenvalue weighted by atomic mass is 35.5. The minimum Gasteiger partial charge on any atom is -0.334 e. The summed E-state index contributed by atoms with van der Waals surface area (Å²) in [4.78, 5) is 3.87. The molecule has 1 heterocycles. The molecule has 0 N–H and O–H groups in total. The molecule has 6 heteroatoms. The molecule has 0 atom stereocenters. The number of benzene rings is 1. The van der Waals surface area contributed by atoms with Crippen LogP contribution in [0.25, 0.3) is 11.5 Å². The summed E-state index contributed by atoms with van der Waals surface area (Å²) in [5.41, 5.74) is 0.317. The number of hydrogen-bond donors (Lipinski definition) is 0. The summed E-state index contributed by atoms with van der Waals surface area (Å²) in [6, 6.07) is 3.33. The van der Waals surface area contributed by atoms with Crippen molar-refractivity contribution < 1.29 is 13.3 Å². The fourth-order valence-corrected chi connectivity index (χ4v) is 1.16. The molecule has 0 aliphatic rings. The second-order valence-corrected chi connectivity index (χ2v) is 3.05. The molecular formula is C9H5ClF2N2O. The molecule has 0 fully saturated rings. The Bertz CT molecular complexity index is 487. The van der Waals surface area contributed by atoms with Crippen LogP contribution in [-0.4, -0.2) is 10.1 Å². The zero-order chi connectivity index (χ0) is 10.8. The zero-order valence-electron chi connectivity index (χ0n) is 7.38. The van der Waals surface area contributed by atoms with Gasteiger partial charge in [0.25, 0.3) is 5.89 Å². The van der Waals surface area contributed by atoms with E-state index in [1.165, 1.54) is 6.07 Å². The van der Waals surface area contributed by atoms with Crippen molar-refractivity contribution in [1.29, 1.82) is 0 Å². The second-order valence-electron chi connectivity index (χ2n) is 2.78. The number of rotatable bonds is 2. The van der Waals surface area contributed by atoms with Gasteiger partial charge in [-0.1, -0.05) is 5.16 Å². The van der Waals surface area contributed by atoms with E-state index in [1.807, 2.05) is 0 Å². The fraction of sp³-hybridized carbons (Fsp3) is 0.111. The van der Waals surface area contributed by atoms with Crippen LogP contribution in [0, 0.1) is 11.6 Å². The van der Waals surface area contributed by atoms with Gasteiger partial charge in [0.05, 0.1) is 5.88 Å². The first-order valence-corrected chi connectivity index (χ1v) is 4.58. The lowest BCUT2D eigenvalue weighted by atomic mass is 10.2. The lowest BCUT2D eigenvalue weighted by Gasteiger charge is -1.95. The molecule has 15 heavy (non-hydrogen) atoms. The average Bonchev–Trinajstić information content (AvgIpc) is 2.70. The summed E-state index contributed by atoms with van der Waals surface area (Å²) < 4.78 is 30.3. The van der Waals surface area contributed by atoms with Crippen LogP contribution in [-0.2, 0) is 5.88 Å². The summed E-state index contributed by atoms with van der Waals surface area (Å²) in [6.07, 6.45) is 0. The highest BCUT2D eigenvalue weighted by Crippen LogP contribution is 2.19. The van der Waals surface area contributed by atoms with Crippen molar-refractivity contribution in [3.8, 4) is 11.5 Å². The van der Waals surface area contributed by atoms with E-state index >= 15 is 0 Å². The molecule has 0 aliphatic carbocycles. The number of halogens is 3. The molecular weight excluding hydrogens is 226 g/mol. The number of aromatic nitrogens is 2.